The molecule has 2 heterocycles. The predicted molar refractivity (Wildman–Crippen MR) is 161 cm³/mol. The molecule has 1 fully saturated rings. The van der Waals surface area contributed by atoms with Crippen molar-refractivity contribution in [1.29, 1.82) is 0 Å². The van der Waals surface area contributed by atoms with Crippen LogP contribution >= 0.6 is 0 Å². The first-order chi connectivity index (χ1) is 20.3. The van der Waals surface area contributed by atoms with Gasteiger partial charge < -0.3 is 34.5 Å². The highest BCUT2D eigenvalue weighted by molar-refractivity contribution is 5.73. The molecule has 3 amide bonds. The van der Waals surface area contributed by atoms with E-state index in [1.54, 1.807) is 0 Å². The van der Waals surface area contributed by atoms with E-state index in [1.807, 2.05) is 56.0 Å². The number of hydrogen-bond donors (Lipinski definition) is 2. The smallest absolute Gasteiger partial charge is 0.410 e. The van der Waals surface area contributed by atoms with Crippen LogP contribution in [0.4, 0.5) is 9.59 Å². The van der Waals surface area contributed by atoms with Gasteiger partial charge in [-0.25, -0.2) is 9.59 Å². The van der Waals surface area contributed by atoms with Crippen LogP contribution in [0.3, 0.4) is 0 Å². The number of cyclic esters (lactones) is 1. The summed E-state index contributed by atoms with van der Waals surface area (Å²) in [4.78, 5) is 25.8. The number of carbonyl (C=O) groups is 2. The SMILES string of the molecule is CCNC(=O)NCc1cccc(CCCCOCCCCCCN2C[C@@H](c3ccc4c(c3)COC(C)(C)O4)OC2=O)c1. The summed E-state index contributed by atoms with van der Waals surface area (Å²) in [6.07, 6.45) is 6.75. The lowest BCUT2D eigenvalue weighted by atomic mass is 10.0. The second kappa shape index (κ2) is 15.8. The van der Waals surface area contributed by atoms with Crippen molar-refractivity contribution in [2.24, 2.45) is 0 Å². The first-order valence-electron chi connectivity index (χ1n) is 15.4. The van der Waals surface area contributed by atoms with Gasteiger partial charge >= 0.3 is 12.1 Å². The Bertz CT molecular complexity index is 1170. The Morgan fingerprint density at radius 2 is 1.79 bits per heavy atom. The minimum Gasteiger partial charge on any atom is -0.463 e. The van der Waals surface area contributed by atoms with Gasteiger partial charge in [-0.05, 0) is 67.9 Å². The van der Waals surface area contributed by atoms with Crippen LogP contribution in [0.5, 0.6) is 5.75 Å². The molecule has 2 N–H and O–H groups in total. The second-order valence-electron chi connectivity index (χ2n) is 11.5. The molecule has 2 aromatic rings. The maximum atomic E-state index is 12.4. The number of rotatable bonds is 16. The zero-order valence-corrected chi connectivity index (χ0v) is 25.4. The molecule has 230 valence electrons. The van der Waals surface area contributed by atoms with Gasteiger partial charge in [-0.1, -0.05) is 43.2 Å². The fourth-order valence-electron chi connectivity index (χ4n) is 5.22. The summed E-state index contributed by atoms with van der Waals surface area (Å²) in [6, 6.07) is 14.2. The number of unbranched alkanes of at least 4 members (excludes halogenated alkanes) is 4. The van der Waals surface area contributed by atoms with Gasteiger partial charge in [0.15, 0.2) is 0 Å². The number of ether oxygens (including phenoxy) is 4. The first-order valence-corrected chi connectivity index (χ1v) is 15.4. The third kappa shape index (κ3) is 9.91. The third-order valence-electron chi connectivity index (χ3n) is 7.53. The Labute approximate surface area is 250 Å². The quantitative estimate of drug-likeness (QED) is 0.228. The first kappa shape index (κ1) is 31.6. The summed E-state index contributed by atoms with van der Waals surface area (Å²) < 4.78 is 23.1. The molecule has 1 atom stereocenters. The lowest BCUT2D eigenvalue weighted by Crippen LogP contribution is -2.35. The van der Waals surface area contributed by atoms with E-state index in [-0.39, 0.29) is 18.2 Å². The van der Waals surface area contributed by atoms with Crippen LogP contribution in [-0.2, 0) is 33.8 Å². The van der Waals surface area contributed by atoms with Crippen LogP contribution in [-0.4, -0.2) is 55.7 Å². The normalized spacial score (nSPS) is 17.4. The molecule has 9 heteroatoms. The molecule has 4 rings (SSSR count). The van der Waals surface area contributed by atoms with E-state index in [9.17, 15) is 9.59 Å². The summed E-state index contributed by atoms with van der Waals surface area (Å²) >= 11 is 0. The fourth-order valence-corrected chi connectivity index (χ4v) is 5.22. The van der Waals surface area contributed by atoms with Crippen molar-refractivity contribution in [3.63, 3.8) is 0 Å². The van der Waals surface area contributed by atoms with Crippen LogP contribution in [0.15, 0.2) is 42.5 Å². The highest BCUT2D eigenvalue weighted by Gasteiger charge is 2.33. The van der Waals surface area contributed by atoms with Gasteiger partial charge in [-0.2, -0.15) is 0 Å². The number of nitrogens with zero attached hydrogens (tertiary/aromatic N) is 1. The molecule has 0 unspecified atom stereocenters. The predicted octanol–water partition coefficient (Wildman–Crippen LogP) is 6.24. The average Bonchev–Trinajstić information content (AvgIpc) is 3.34. The van der Waals surface area contributed by atoms with Crippen LogP contribution in [0.25, 0.3) is 0 Å². The Balaban J connectivity index is 1.01. The summed E-state index contributed by atoms with van der Waals surface area (Å²) in [5.41, 5.74) is 4.36. The maximum Gasteiger partial charge on any atom is 0.410 e. The van der Waals surface area contributed by atoms with Gasteiger partial charge in [-0.15, -0.1) is 0 Å². The number of hydrogen-bond acceptors (Lipinski definition) is 6. The molecular weight excluding hydrogens is 534 g/mol. The lowest BCUT2D eigenvalue weighted by molar-refractivity contribution is -0.180. The van der Waals surface area contributed by atoms with E-state index in [1.165, 1.54) is 5.56 Å². The molecule has 0 bridgehead atoms. The summed E-state index contributed by atoms with van der Waals surface area (Å²) in [5, 5.41) is 5.61. The van der Waals surface area contributed by atoms with Gasteiger partial charge in [0.2, 0.25) is 5.79 Å². The minimum atomic E-state index is -0.625. The van der Waals surface area contributed by atoms with Crippen LogP contribution < -0.4 is 15.4 Å². The summed E-state index contributed by atoms with van der Waals surface area (Å²) in [5.74, 6) is 0.200. The Kier molecular flexibility index (Phi) is 11.9. The molecule has 0 saturated carbocycles. The molecule has 0 radical (unpaired) electrons. The van der Waals surface area contributed by atoms with Crippen molar-refractivity contribution >= 4 is 12.1 Å². The molecule has 9 nitrogen and oxygen atoms in total. The van der Waals surface area contributed by atoms with Crippen LogP contribution in [0.1, 0.15) is 87.7 Å². The summed E-state index contributed by atoms with van der Waals surface area (Å²) in [6.45, 7) is 10.2. The molecule has 42 heavy (non-hydrogen) atoms. The molecule has 1 saturated heterocycles. The number of amides is 3. The maximum absolute atomic E-state index is 12.4. The molecule has 0 aliphatic carbocycles. The molecule has 0 spiro atoms. The van der Waals surface area contributed by atoms with E-state index in [2.05, 4.69) is 22.8 Å². The van der Waals surface area contributed by atoms with Crippen molar-refractivity contribution in [2.45, 2.75) is 90.8 Å². The number of urea groups is 1. The molecular formula is C33H47N3O6. The number of fused-ring (bicyclic) bond motifs is 1. The van der Waals surface area contributed by atoms with E-state index in [0.29, 0.717) is 32.8 Å². The highest BCUT2D eigenvalue weighted by Crippen LogP contribution is 2.35. The summed E-state index contributed by atoms with van der Waals surface area (Å²) in [7, 11) is 0. The number of aryl methyl sites for hydroxylation is 1. The van der Waals surface area contributed by atoms with Crippen LogP contribution in [0, 0.1) is 0 Å². The van der Waals surface area contributed by atoms with Gasteiger partial charge in [0.05, 0.1) is 13.2 Å². The van der Waals surface area contributed by atoms with Crippen LogP contribution in [0.2, 0.25) is 0 Å². The Morgan fingerprint density at radius 1 is 1.00 bits per heavy atom. The molecule has 2 aliphatic heterocycles. The van der Waals surface area contributed by atoms with Crippen molar-refractivity contribution in [3.05, 3.63) is 64.7 Å². The fraction of sp³-hybridized carbons (Fsp3) is 0.576. The highest BCUT2D eigenvalue weighted by atomic mass is 16.7. The van der Waals surface area contributed by atoms with Gasteiger partial charge in [-0.3, -0.25) is 0 Å². The number of carbonyl (C=O) groups excluding carboxylic acids is 2. The van der Waals surface area contributed by atoms with Crippen molar-refractivity contribution in [2.75, 3.05) is 32.8 Å². The van der Waals surface area contributed by atoms with Gasteiger partial charge in [0.25, 0.3) is 0 Å². The zero-order valence-electron chi connectivity index (χ0n) is 25.4. The molecule has 0 aromatic heterocycles. The van der Waals surface area contributed by atoms with Gasteiger partial charge in [0, 0.05) is 52.3 Å². The molecule has 2 aliphatic rings. The standard InChI is InChI=1S/C33H47N3O6/c1-4-34-31(37)35-22-26-14-11-13-25(20-26)12-7-10-19-39-18-9-6-5-8-17-36-23-30(41-32(36)38)27-15-16-29-28(21-27)24-40-33(2,3)42-29/h11,13-16,20-21,30H,4-10,12,17-19,22-24H2,1-3H3,(H2,34,35,37)/t30-/m0/s1. The van der Waals surface area contributed by atoms with Crippen molar-refractivity contribution in [1.82, 2.24) is 15.5 Å². The second-order valence-corrected chi connectivity index (χ2v) is 11.5. The van der Waals surface area contributed by atoms with E-state index in [0.717, 1.165) is 80.6 Å². The number of benzene rings is 2. The van der Waals surface area contributed by atoms with E-state index >= 15 is 0 Å². The largest absolute Gasteiger partial charge is 0.463 e. The Morgan fingerprint density at radius 3 is 2.62 bits per heavy atom. The zero-order chi connectivity index (χ0) is 29.8. The van der Waals surface area contributed by atoms with Gasteiger partial charge in [0.1, 0.15) is 11.9 Å². The monoisotopic (exact) mass is 581 g/mol. The van der Waals surface area contributed by atoms with Crippen molar-refractivity contribution in [3.8, 4) is 5.75 Å². The van der Waals surface area contributed by atoms with E-state index < -0.39 is 5.79 Å². The minimum absolute atomic E-state index is 0.136. The van der Waals surface area contributed by atoms with Crippen molar-refractivity contribution < 1.29 is 28.5 Å². The average molecular weight is 582 g/mol. The lowest BCUT2D eigenvalue weighted by Gasteiger charge is -2.32. The topological polar surface area (TPSA) is 98.4 Å². The third-order valence-corrected chi connectivity index (χ3v) is 7.53. The van der Waals surface area contributed by atoms with E-state index in [4.69, 9.17) is 18.9 Å². The molecule has 2 aromatic carbocycles. The number of nitrogens with one attached hydrogen (secondary N) is 2. The Hall–Kier alpha value is -3.30.